The lowest BCUT2D eigenvalue weighted by molar-refractivity contribution is -0.140. The number of hydrogen-bond donors (Lipinski definition) is 2. The molecule has 1 aliphatic rings. The molecule has 1 aliphatic carbocycles. The number of nitrogens with one attached hydrogen (secondary N) is 1. The molecule has 0 spiro atoms. The van der Waals surface area contributed by atoms with E-state index in [1.165, 1.54) is 0 Å². The second-order valence-electron chi connectivity index (χ2n) is 8.99. The molecule has 8 heteroatoms. The van der Waals surface area contributed by atoms with Crippen LogP contribution in [0.3, 0.4) is 0 Å². The van der Waals surface area contributed by atoms with Crippen LogP contribution in [0, 0.1) is 6.92 Å². The Morgan fingerprint density at radius 2 is 1.58 bits per heavy atom. The summed E-state index contributed by atoms with van der Waals surface area (Å²) < 4.78 is 7.06. The maximum Gasteiger partial charge on any atom is 0.414 e. The number of nitrogens with zero attached hydrogens (tertiary/aromatic N) is 3. The number of rotatable bonds is 7. The summed E-state index contributed by atoms with van der Waals surface area (Å²) in [4.78, 5) is 28.4. The van der Waals surface area contributed by atoms with E-state index in [9.17, 15) is 14.7 Å². The van der Waals surface area contributed by atoms with E-state index in [1.807, 2.05) is 85.8 Å². The van der Waals surface area contributed by atoms with Crippen molar-refractivity contribution in [3.05, 3.63) is 95.8 Å². The second kappa shape index (κ2) is 9.30. The van der Waals surface area contributed by atoms with Crippen LogP contribution in [-0.4, -0.2) is 31.9 Å². The van der Waals surface area contributed by atoms with Crippen molar-refractivity contribution in [2.75, 3.05) is 5.32 Å². The molecule has 1 saturated carbocycles. The number of anilines is 1. The summed E-state index contributed by atoms with van der Waals surface area (Å²) in [5.41, 5.74) is 3.72. The van der Waals surface area contributed by atoms with Gasteiger partial charge in [0.25, 0.3) is 0 Å². The monoisotopic (exact) mass is 482 g/mol. The molecular formula is C28H26N4O4. The highest BCUT2D eigenvalue weighted by Crippen LogP contribution is 2.48. The minimum absolute atomic E-state index is 0.262. The minimum atomic E-state index is -0.759. The van der Waals surface area contributed by atoms with Gasteiger partial charge in [-0.15, -0.1) is 5.10 Å². The van der Waals surface area contributed by atoms with E-state index in [-0.39, 0.29) is 5.95 Å². The molecule has 0 bridgehead atoms. The predicted molar refractivity (Wildman–Crippen MR) is 135 cm³/mol. The molecule has 0 aliphatic heterocycles. The Hall–Kier alpha value is -4.46. The number of carbonyl (C=O) groups excluding carboxylic acids is 1. The molecule has 0 radical (unpaired) electrons. The van der Waals surface area contributed by atoms with Crippen LogP contribution in [0.25, 0.3) is 16.8 Å². The van der Waals surface area contributed by atoms with Crippen molar-refractivity contribution in [2.24, 2.45) is 0 Å². The number of carbonyl (C=O) groups is 2. The molecule has 4 aromatic rings. The largest absolute Gasteiger partial charge is 0.481 e. The molecule has 1 amide bonds. The van der Waals surface area contributed by atoms with E-state index in [0.29, 0.717) is 18.7 Å². The Balaban J connectivity index is 1.30. The van der Waals surface area contributed by atoms with Gasteiger partial charge in [0.2, 0.25) is 5.95 Å². The first kappa shape index (κ1) is 23.3. The van der Waals surface area contributed by atoms with Gasteiger partial charge in [-0.1, -0.05) is 66.7 Å². The summed E-state index contributed by atoms with van der Waals surface area (Å²) in [7, 11) is 0. The SMILES string of the molecule is Cc1nc(NC(=O)O[C@H](C)c2ccccc2)n(-c2ccc(-c3ccc(C4(C(=O)O)CC4)cc3)cc2)n1. The molecule has 0 unspecified atom stereocenters. The van der Waals surface area contributed by atoms with Gasteiger partial charge in [0, 0.05) is 0 Å². The Morgan fingerprint density at radius 3 is 2.17 bits per heavy atom. The van der Waals surface area contributed by atoms with Gasteiger partial charge >= 0.3 is 12.1 Å². The van der Waals surface area contributed by atoms with Crippen molar-refractivity contribution in [2.45, 2.75) is 38.2 Å². The maximum absolute atomic E-state index is 12.5. The highest BCUT2D eigenvalue weighted by molar-refractivity contribution is 5.85. The molecular weight excluding hydrogens is 456 g/mol. The molecule has 3 aromatic carbocycles. The topological polar surface area (TPSA) is 106 Å². The lowest BCUT2D eigenvalue weighted by Gasteiger charge is -2.14. The third-order valence-corrected chi connectivity index (χ3v) is 6.52. The van der Waals surface area contributed by atoms with Gasteiger partial charge in [0.1, 0.15) is 11.9 Å². The molecule has 36 heavy (non-hydrogen) atoms. The Labute approximate surface area is 208 Å². The average molecular weight is 483 g/mol. The van der Waals surface area contributed by atoms with Crippen molar-refractivity contribution < 1.29 is 19.4 Å². The number of carboxylic acid groups (broad SMARTS) is 1. The van der Waals surface area contributed by atoms with Crippen molar-refractivity contribution >= 4 is 18.0 Å². The molecule has 182 valence electrons. The smallest absolute Gasteiger partial charge is 0.414 e. The predicted octanol–water partition coefficient (Wildman–Crippen LogP) is 5.67. The number of aromatic nitrogens is 3. The summed E-state index contributed by atoms with van der Waals surface area (Å²) in [6.07, 6.45) is 0.331. The van der Waals surface area contributed by atoms with Gasteiger partial charge in [-0.05, 0) is 61.1 Å². The third kappa shape index (κ3) is 4.57. The van der Waals surface area contributed by atoms with Crippen LogP contribution >= 0.6 is 0 Å². The highest BCUT2D eigenvalue weighted by Gasteiger charge is 2.51. The van der Waals surface area contributed by atoms with Crippen molar-refractivity contribution in [1.82, 2.24) is 14.8 Å². The molecule has 1 fully saturated rings. The Morgan fingerprint density at radius 1 is 0.972 bits per heavy atom. The molecule has 1 heterocycles. The fourth-order valence-electron chi connectivity index (χ4n) is 4.28. The Kier molecular flexibility index (Phi) is 6.01. The number of amides is 1. The molecule has 5 rings (SSSR count). The Bertz CT molecular complexity index is 1390. The van der Waals surface area contributed by atoms with Gasteiger partial charge < -0.3 is 9.84 Å². The van der Waals surface area contributed by atoms with E-state index in [4.69, 9.17) is 4.74 Å². The number of aliphatic carboxylic acids is 1. The number of hydrogen-bond acceptors (Lipinski definition) is 5. The molecule has 0 saturated heterocycles. The van der Waals surface area contributed by atoms with Gasteiger partial charge in [-0.25, -0.2) is 4.79 Å². The van der Waals surface area contributed by atoms with Crippen molar-refractivity contribution in [3.63, 3.8) is 0 Å². The van der Waals surface area contributed by atoms with Gasteiger partial charge in [-0.2, -0.15) is 9.67 Å². The van der Waals surface area contributed by atoms with Crippen LogP contribution in [0.15, 0.2) is 78.9 Å². The van der Waals surface area contributed by atoms with Crippen molar-refractivity contribution in [3.8, 4) is 16.8 Å². The van der Waals surface area contributed by atoms with E-state index >= 15 is 0 Å². The van der Waals surface area contributed by atoms with Crippen molar-refractivity contribution in [1.29, 1.82) is 0 Å². The standard InChI is InChI=1S/C28H26N4O4/c1-18(20-6-4-3-5-7-20)36-27(35)30-26-29-19(2)31-32(26)24-14-10-22(11-15-24)21-8-12-23(13-9-21)28(16-17-28)25(33)34/h3-15,18H,16-17H2,1-2H3,(H,33,34)(H,29,30,31,35)/t18-/m1/s1. The fourth-order valence-corrected chi connectivity index (χ4v) is 4.28. The average Bonchev–Trinajstić information content (AvgIpc) is 3.63. The molecule has 8 nitrogen and oxygen atoms in total. The summed E-state index contributed by atoms with van der Waals surface area (Å²) in [6, 6.07) is 24.9. The van der Waals surface area contributed by atoms with Gasteiger partial charge in [0.05, 0.1) is 11.1 Å². The first-order valence-corrected chi connectivity index (χ1v) is 11.8. The fraction of sp³-hybridized carbons (Fsp3) is 0.214. The highest BCUT2D eigenvalue weighted by atomic mass is 16.6. The normalized spacial score (nSPS) is 14.6. The zero-order valence-electron chi connectivity index (χ0n) is 20.0. The second-order valence-corrected chi connectivity index (χ2v) is 8.99. The number of carboxylic acids is 1. The third-order valence-electron chi connectivity index (χ3n) is 6.52. The molecule has 1 atom stereocenters. The number of ether oxygens (including phenoxy) is 1. The molecule has 2 N–H and O–H groups in total. The minimum Gasteiger partial charge on any atom is -0.481 e. The van der Waals surface area contributed by atoms with E-state index < -0.39 is 23.6 Å². The first-order valence-electron chi connectivity index (χ1n) is 11.8. The van der Waals surface area contributed by atoms with Crippen LogP contribution in [-0.2, 0) is 14.9 Å². The maximum atomic E-state index is 12.5. The van der Waals surface area contributed by atoms with Crippen LogP contribution in [0.4, 0.5) is 10.7 Å². The summed E-state index contributed by atoms with van der Waals surface area (Å²) in [5.74, 6) is 0.0114. The van der Waals surface area contributed by atoms with Gasteiger partial charge in [0.15, 0.2) is 0 Å². The lowest BCUT2D eigenvalue weighted by atomic mass is 9.94. The quantitative estimate of drug-likeness (QED) is 0.352. The van der Waals surface area contributed by atoms with Gasteiger partial charge in [-0.3, -0.25) is 10.1 Å². The zero-order valence-corrected chi connectivity index (χ0v) is 20.0. The van der Waals surface area contributed by atoms with Crippen LogP contribution in [0.5, 0.6) is 0 Å². The van der Waals surface area contributed by atoms with Crippen LogP contribution < -0.4 is 5.32 Å². The zero-order chi connectivity index (χ0) is 25.3. The molecule has 1 aromatic heterocycles. The lowest BCUT2D eigenvalue weighted by Crippen LogP contribution is -2.19. The summed E-state index contributed by atoms with van der Waals surface area (Å²) in [5, 5.41) is 16.6. The number of aryl methyl sites for hydroxylation is 1. The number of benzene rings is 3. The van der Waals surface area contributed by atoms with Crippen LogP contribution in [0.1, 0.15) is 42.8 Å². The van der Waals surface area contributed by atoms with E-state index in [1.54, 1.807) is 11.6 Å². The van der Waals surface area contributed by atoms with E-state index in [0.717, 1.165) is 27.9 Å². The van der Waals surface area contributed by atoms with Crippen LogP contribution in [0.2, 0.25) is 0 Å². The van der Waals surface area contributed by atoms with E-state index in [2.05, 4.69) is 15.4 Å². The summed E-state index contributed by atoms with van der Waals surface area (Å²) in [6.45, 7) is 3.56. The summed E-state index contributed by atoms with van der Waals surface area (Å²) >= 11 is 0. The first-order chi connectivity index (χ1) is 17.4.